The second-order valence-electron chi connectivity index (χ2n) is 5.56. The molecule has 0 bridgehead atoms. The van der Waals surface area contributed by atoms with Crippen LogP contribution in [0.25, 0.3) is 0 Å². The molecular weight excluding hydrogens is 306 g/mol. The molecular formula is C15H26ClN3OS. The molecule has 120 valence electrons. The van der Waals surface area contributed by atoms with Crippen molar-refractivity contribution >= 4 is 29.7 Å². The van der Waals surface area contributed by atoms with Crippen molar-refractivity contribution in [2.45, 2.75) is 46.1 Å². The number of amides is 1. The van der Waals surface area contributed by atoms with Crippen molar-refractivity contribution < 1.29 is 4.79 Å². The average molecular weight is 332 g/mol. The van der Waals surface area contributed by atoms with E-state index in [1.54, 1.807) is 11.3 Å². The molecule has 1 aromatic rings. The summed E-state index contributed by atoms with van der Waals surface area (Å²) in [6.07, 6.45) is 2.87. The van der Waals surface area contributed by atoms with Gasteiger partial charge in [-0.1, -0.05) is 6.92 Å². The second kappa shape index (κ2) is 8.11. The number of piperidine rings is 1. The van der Waals surface area contributed by atoms with Crippen molar-refractivity contribution in [2.24, 2.45) is 5.92 Å². The van der Waals surface area contributed by atoms with Crippen molar-refractivity contribution in [3.05, 3.63) is 15.6 Å². The van der Waals surface area contributed by atoms with E-state index in [0.717, 1.165) is 43.1 Å². The summed E-state index contributed by atoms with van der Waals surface area (Å²) in [7, 11) is 1.93. The van der Waals surface area contributed by atoms with E-state index in [1.165, 1.54) is 4.88 Å². The highest BCUT2D eigenvalue weighted by atomic mass is 35.5. The first-order chi connectivity index (χ1) is 9.54. The number of rotatable bonds is 4. The Balaban J connectivity index is 0.00000220. The summed E-state index contributed by atoms with van der Waals surface area (Å²) in [5.41, 5.74) is 1.07. The van der Waals surface area contributed by atoms with Gasteiger partial charge in [0.2, 0.25) is 5.91 Å². The van der Waals surface area contributed by atoms with Gasteiger partial charge in [-0.15, -0.1) is 23.7 Å². The van der Waals surface area contributed by atoms with E-state index >= 15 is 0 Å². The first-order valence-corrected chi connectivity index (χ1v) is 8.29. The number of nitrogens with one attached hydrogen (secondary N) is 1. The molecule has 6 heteroatoms. The summed E-state index contributed by atoms with van der Waals surface area (Å²) in [5.74, 6) is 0.465. The zero-order valence-corrected chi connectivity index (χ0v) is 14.9. The predicted molar refractivity (Wildman–Crippen MR) is 90.3 cm³/mol. The second-order valence-corrected chi connectivity index (χ2v) is 6.68. The van der Waals surface area contributed by atoms with Crippen LogP contribution in [0.3, 0.4) is 0 Å². The molecule has 0 aliphatic carbocycles. The molecule has 1 aliphatic rings. The Kier molecular flexibility index (Phi) is 7.10. The van der Waals surface area contributed by atoms with Crippen LogP contribution in [0.5, 0.6) is 0 Å². The molecule has 21 heavy (non-hydrogen) atoms. The van der Waals surface area contributed by atoms with Gasteiger partial charge in [0, 0.05) is 17.8 Å². The van der Waals surface area contributed by atoms with Gasteiger partial charge in [-0.05, 0) is 46.2 Å². The molecule has 0 saturated carbocycles. The highest BCUT2D eigenvalue weighted by Crippen LogP contribution is 2.30. The van der Waals surface area contributed by atoms with E-state index in [4.69, 9.17) is 0 Å². The number of aromatic nitrogens is 1. The van der Waals surface area contributed by atoms with Gasteiger partial charge in [-0.2, -0.15) is 0 Å². The maximum Gasteiger partial charge on any atom is 0.226 e. The number of aryl methyl sites for hydroxylation is 2. The molecule has 1 atom stereocenters. The first-order valence-electron chi connectivity index (χ1n) is 7.48. The molecule has 0 aromatic carbocycles. The van der Waals surface area contributed by atoms with Gasteiger partial charge in [-0.25, -0.2) is 4.98 Å². The van der Waals surface area contributed by atoms with Crippen LogP contribution in [0, 0.1) is 12.8 Å². The van der Waals surface area contributed by atoms with Crippen LogP contribution in [0.4, 0.5) is 0 Å². The molecule has 1 N–H and O–H groups in total. The minimum Gasteiger partial charge on any atom is -0.338 e. The van der Waals surface area contributed by atoms with Gasteiger partial charge in [-0.3, -0.25) is 4.79 Å². The zero-order valence-electron chi connectivity index (χ0n) is 13.3. The number of nitrogens with zero attached hydrogens (tertiary/aromatic N) is 2. The fourth-order valence-corrected chi connectivity index (χ4v) is 3.83. The SMILES string of the molecule is CCc1nc(C)c(C(C)N(C)C(=O)C2CCNCC2)s1.Cl. The van der Waals surface area contributed by atoms with E-state index in [1.807, 2.05) is 18.9 Å². The lowest BCUT2D eigenvalue weighted by Gasteiger charge is -2.30. The minimum absolute atomic E-state index is 0. The molecule has 1 amide bonds. The molecule has 0 spiro atoms. The van der Waals surface area contributed by atoms with E-state index < -0.39 is 0 Å². The van der Waals surface area contributed by atoms with Crippen LogP contribution in [0.15, 0.2) is 0 Å². The van der Waals surface area contributed by atoms with E-state index in [0.29, 0.717) is 0 Å². The first kappa shape index (κ1) is 18.4. The fraction of sp³-hybridized carbons (Fsp3) is 0.733. The van der Waals surface area contributed by atoms with Crippen LogP contribution in [-0.4, -0.2) is 35.9 Å². The molecule has 2 heterocycles. The topological polar surface area (TPSA) is 45.2 Å². The van der Waals surface area contributed by atoms with Crippen molar-refractivity contribution in [3.63, 3.8) is 0 Å². The maximum absolute atomic E-state index is 12.6. The Bertz CT molecular complexity index is 471. The zero-order chi connectivity index (χ0) is 14.7. The lowest BCUT2D eigenvalue weighted by molar-refractivity contribution is -0.136. The summed E-state index contributed by atoms with van der Waals surface area (Å²) in [6, 6.07) is 0.121. The van der Waals surface area contributed by atoms with Crippen molar-refractivity contribution in [1.29, 1.82) is 0 Å². The Hall–Kier alpha value is -0.650. The molecule has 0 radical (unpaired) electrons. The molecule has 4 nitrogen and oxygen atoms in total. The summed E-state index contributed by atoms with van der Waals surface area (Å²) in [5, 5.41) is 4.47. The van der Waals surface area contributed by atoms with Crippen LogP contribution >= 0.6 is 23.7 Å². The van der Waals surface area contributed by atoms with Gasteiger partial charge >= 0.3 is 0 Å². The summed E-state index contributed by atoms with van der Waals surface area (Å²) in [4.78, 5) is 20.3. The number of thiazole rings is 1. The highest BCUT2D eigenvalue weighted by molar-refractivity contribution is 7.11. The van der Waals surface area contributed by atoms with Crippen molar-refractivity contribution in [1.82, 2.24) is 15.2 Å². The van der Waals surface area contributed by atoms with Gasteiger partial charge in [0.25, 0.3) is 0 Å². The predicted octanol–water partition coefficient (Wildman–Crippen LogP) is 2.95. The third-order valence-corrected chi connectivity index (χ3v) is 5.65. The van der Waals surface area contributed by atoms with Crippen LogP contribution in [-0.2, 0) is 11.2 Å². The molecule has 1 aliphatic heterocycles. The number of carbonyl (C=O) groups is 1. The normalized spacial score (nSPS) is 17.1. The maximum atomic E-state index is 12.6. The Morgan fingerprint density at radius 2 is 2.10 bits per heavy atom. The summed E-state index contributed by atoms with van der Waals surface area (Å²) >= 11 is 1.74. The molecule has 1 saturated heterocycles. The average Bonchev–Trinajstić information content (AvgIpc) is 2.87. The van der Waals surface area contributed by atoms with Gasteiger partial charge in [0.05, 0.1) is 16.7 Å². The van der Waals surface area contributed by atoms with E-state index in [-0.39, 0.29) is 30.3 Å². The Morgan fingerprint density at radius 3 is 2.62 bits per heavy atom. The largest absolute Gasteiger partial charge is 0.338 e. The number of carbonyl (C=O) groups excluding carboxylic acids is 1. The fourth-order valence-electron chi connectivity index (χ4n) is 2.73. The smallest absolute Gasteiger partial charge is 0.226 e. The van der Waals surface area contributed by atoms with Crippen LogP contribution < -0.4 is 5.32 Å². The van der Waals surface area contributed by atoms with Gasteiger partial charge < -0.3 is 10.2 Å². The molecule has 1 aromatic heterocycles. The van der Waals surface area contributed by atoms with E-state index in [2.05, 4.69) is 24.1 Å². The third-order valence-electron chi connectivity index (χ3n) is 4.18. The molecule has 2 rings (SSSR count). The van der Waals surface area contributed by atoms with Crippen LogP contribution in [0.1, 0.15) is 48.3 Å². The van der Waals surface area contributed by atoms with Crippen molar-refractivity contribution in [3.8, 4) is 0 Å². The van der Waals surface area contributed by atoms with Crippen LogP contribution in [0.2, 0.25) is 0 Å². The van der Waals surface area contributed by atoms with Gasteiger partial charge in [0.15, 0.2) is 0 Å². The molecule has 1 unspecified atom stereocenters. The summed E-state index contributed by atoms with van der Waals surface area (Å²) < 4.78 is 0. The number of hydrogen-bond acceptors (Lipinski definition) is 4. The lowest BCUT2D eigenvalue weighted by atomic mass is 9.96. The van der Waals surface area contributed by atoms with Crippen molar-refractivity contribution in [2.75, 3.05) is 20.1 Å². The summed E-state index contributed by atoms with van der Waals surface area (Å²) in [6.45, 7) is 8.19. The quantitative estimate of drug-likeness (QED) is 0.922. The number of halogens is 1. The van der Waals surface area contributed by atoms with Gasteiger partial charge in [0.1, 0.15) is 0 Å². The Labute approximate surface area is 137 Å². The van der Waals surface area contributed by atoms with E-state index in [9.17, 15) is 4.79 Å². The monoisotopic (exact) mass is 331 g/mol. The lowest BCUT2D eigenvalue weighted by Crippen LogP contribution is -2.40. The minimum atomic E-state index is 0. The number of hydrogen-bond donors (Lipinski definition) is 1. The Morgan fingerprint density at radius 1 is 1.48 bits per heavy atom. The highest BCUT2D eigenvalue weighted by Gasteiger charge is 2.28. The molecule has 1 fully saturated rings. The third kappa shape index (κ3) is 4.18. The standard InChI is InChI=1S/C15H25N3OS.ClH/c1-5-13-17-10(2)14(20-13)11(3)18(4)15(19)12-6-8-16-9-7-12;/h11-12,16H,5-9H2,1-4H3;1H.